The Hall–Kier alpha value is -0.0800. The molecular formula is C18H32N2. The Labute approximate surface area is 124 Å². The Morgan fingerprint density at radius 1 is 0.800 bits per heavy atom. The first kappa shape index (κ1) is 13.6. The zero-order valence-electron chi connectivity index (χ0n) is 13.1. The van der Waals surface area contributed by atoms with Crippen LogP contribution >= 0.6 is 0 Å². The van der Waals surface area contributed by atoms with E-state index in [-0.39, 0.29) is 0 Å². The zero-order valence-corrected chi connectivity index (χ0v) is 13.1. The first-order valence-electron chi connectivity index (χ1n) is 9.23. The summed E-state index contributed by atoms with van der Waals surface area (Å²) in [5.41, 5.74) is 6.34. The third-order valence-electron chi connectivity index (χ3n) is 7.06. The molecule has 2 saturated heterocycles. The Kier molecular flexibility index (Phi) is 3.58. The van der Waals surface area contributed by atoms with Crippen molar-refractivity contribution in [3.63, 3.8) is 0 Å². The molecule has 2 aliphatic carbocycles. The number of fused-ring (bicyclic) bond motifs is 4. The third-order valence-corrected chi connectivity index (χ3v) is 7.06. The van der Waals surface area contributed by atoms with Crippen molar-refractivity contribution in [1.82, 2.24) is 4.90 Å². The molecule has 0 radical (unpaired) electrons. The molecule has 2 saturated carbocycles. The highest BCUT2D eigenvalue weighted by Gasteiger charge is 2.46. The lowest BCUT2D eigenvalue weighted by Crippen LogP contribution is -2.62. The van der Waals surface area contributed by atoms with Crippen molar-refractivity contribution in [1.29, 1.82) is 0 Å². The van der Waals surface area contributed by atoms with E-state index in [9.17, 15) is 0 Å². The molecule has 2 N–H and O–H groups in total. The molecule has 0 unspecified atom stereocenters. The van der Waals surface area contributed by atoms with Crippen LogP contribution in [0.1, 0.15) is 71.1 Å². The van der Waals surface area contributed by atoms with Crippen LogP contribution in [0.3, 0.4) is 0 Å². The zero-order chi connectivity index (χ0) is 13.7. The minimum Gasteiger partial charge on any atom is -0.328 e. The van der Waals surface area contributed by atoms with Crippen LogP contribution in [0.15, 0.2) is 0 Å². The lowest BCUT2D eigenvalue weighted by Gasteiger charge is -2.56. The SMILES string of the molecule is C[C@@H]1CC[C@H]2C[C@@H](N)C[C@@H]1N2[C@H]1C[C@@H]2CCC[C@@H](C2)C1. The van der Waals surface area contributed by atoms with Crippen molar-refractivity contribution in [2.45, 2.75) is 95.3 Å². The van der Waals surface area contributed by atoms with Gasteiger partial charge in [0.1, 0.15) is 0 Å². The topological polar surface area (TPSA) is 29.3 Å². The first-order valence-corrected chi connectivity index (χ1v) is 9.23. The van der Waals surface area contributed by atoms with Crippen LogP contribution in [0.2, 0.25) is 0 Å². The smallest absolute Gasteiger partial charge is 0.0141 e. The predicted octanol–water partition coefficient (Wildman–Crippen LogP) is 3.55. The molecule has 4 fully saturated rings. The van der Waals surface area contributed by atoms with Crippen LogP contribution in [0, 0.1) is 17.8 Å². The molecule has 7 atom stereocenters. The van der Waals surface area contributed by atoms with Gasteiger partial charge in [-0.05, 0) is 62.7 Å². The van der Waals surface area contributed by atoms with E-state index in [0.717, 1.165) is 35.9 Å². The van der Waals surface area contributed by atoms with Crippen molar-refractivity contribution in [3.05, 3.63) is 0 Å². The Morgan fingerprint density at radius 3 is 2.30 bits per heavy atom. The molecule has 0 aromatic rings. The number of hydrogen-bond acceptors (Lipinski definition) is 2. The van der Waals surface area contributed by atoms with Crippen molar-refractivity contribution in [3.8, 4) is 0 Å². The van der Waals surface area contributed by atoms with E-state index in [4.69, 9.17) is 5.73 Å². The molecule has 0 aromatic heterocycles. The van der Waals surface area contributed by atoms with E-state index in [2.05, 4.69) is 11.8 Å². The maximum atomic E-state index is 6.34. The minimum atomic E-state index is 0.479. The number of piperidine rings is 2. The van der Waals surface area contributed by atoms with Gasteiger partial charge < -0.3 is 5.73 Å². The van der Waals surface area contributed by atoms with Gasteiger partial charge in [0.25, 0.3) is 0 Å². The van der Waals surface area contributed by atoms with Crippen LogP contribution in [-0.4, -0.2) is 29.1 Å². The Balaban J connectivity index is 1.54. The summed E-state index contributed by atoms with van der Waals surface area (Å²) in [6.45, 7) is 2.48. The van der Waals surface area contributed by atoms with Crippen LogP contribution in [0.5, 0.6) is 0 Å². The fourth-order valence-electron chi connectivity index (χ4n) is 6.22. The second kappa shape index (κ2) is 5.28. The van der Waals surface area contributed by atoms with Gasteiger partial charge in [-0.25, -0.2) is 0 Å². The van der Waals surface area contributed by atoms with Crippen LogP contribution in [0.25, 0.3) is 0 Å². The monoisotopic (exact) mass is 276 g/mol. The Bertz CT molecular complexity index is 343. The summed E-state index contributed by atoms with van der Waals surface area (Å²) in [4.78, 5) is 3.00. The van der Waals surface area contributed by atoms with Crippen molar-refractivity contribution >= 4 is 0 Å². The average Bonchev–Trinajstić information content (AvgIpc) is 2.42. The maximum Gasteiger partial charge on any atom is 0.0141 e. The second-order valence-corrected chi connectivity index (χ2v) is 8.48. The average molecular weight is 276 g/mol. The molecule has 2 heteroatoms. The van der Waals surface area contributed by atoms with Crippen LogP contribution in [-0.2, 0) is 0 Å². The maximum absolute atomic E-state index is 6.34. The van der Waals surface area contributed by atoms with Crippen molar-refractivity contribution < 1.29 is 0 Å². The van der Waals surface area contributed by atoms with Crippen molar-refractivity contribution in [2.75, 3.05) is 0 Å². The highest BCUT2D eigenvalue weighted by Crippen LogP contribution is 2.46. The molecule has 2 aliphatic heterocycles. The lowest BCUT2D eigenvalue weighted by atomic mass is 9.67. The second-order valence-electron chi connectivity index (χ2n) is 8.48. The quantitative estimate of drug-likeness (QED) is 0.793. The fraction of sp³-hybridized carbons (Fsp3) is 1.00. The number of rotatable bonds is 1. The normalized spacial score (nSPS) is 52.8. The van der Waals surface area contributed by atoms with Gasteiger partial charge in [-0.2, -0.15) is 0 Å². The summed E-state index contributed by atoms with van der Waals surface area (Å²) < 4.78 is 0. The summed E-state index contributed by atoms with van der Waals surface area (Å²) in [6, 6.07) is 3.02. The van der Waals surface area contributed by atoms with Gasteiger partial charge in [-0.3, -0.25) is 4.90 Å². The van der Waals surface area contributed by atoms with E-state index < -0.39 is 0 Å². The molecule has 4 bridgehead atoms. The van der Waals surface area contributed by atoms with Gasteiger partial charge in [0.2, 0.25) is 0 Å². The number of nitrogens with zero attached hydrogens (tertiary/aromatic N) is 1. The Morgan fingerprint density at radius 2 is 1.55 bits per heavy atom. The molecule has 4 aliphatic rings. The summed E-state index contributed by atoms with van der Waals surface area (Å²) in [5.74, 6) is 2.98. The van der Waals surface area contributed by atoms with E-state index in [1.165, 1.54) is 57.8 Å². The summed E-state index contributed by atoms with van der Waals surface area (Å²) in [7, 11) is 0. The lowest BCUT2D eigenvalue weighted by molar-refractivity contribution is -0.0612. The molecule has 2 heterocycles. The van der Waals surface area contributed by atoms with E-state index in [0.29, 0.717) is 6.04 Å². The van der Waals surface area contributed by atoms with E-state index in [1.54, 1.807) is 6.42 Å². The van der Waals surface area contributed by atoms with Crippen molar-refractivity contribution in [2.24, 2.45) is 23.5 Å². The fourth-order valence-corrected chi connectivity index (χ4v) is 6.22. The predicted molar refractivity (Wildman–Crippen MR) is 83.5 cm³/mol. The summed E-state index contributed by atoms with van der Waals surface area (Å²) >= 11 is 0. The molecule has 4 rings (SSSR count). The molecular weight excluding hydrogens is 244 g/mol. The molecule has 0 aromatic carbocycles. The summed E-state index contributed by atoms with van der Waals surface area (Å²) in [6.07, 6.45) is 14.5. The van der Waals surface area contributed by atoms with Gasteiger partial charge in [-0.15, -0.1) is 0 Å². The molecule has 114 valence electrons. The van der Waals surface area contributed by atoms with E-state index >= 15 is 0 Å². The summed E-state index contributed by atoms with van der Waals surface area (Å²) in [5, 5.41) is 0. The van der Waals surface area contributed by atoms with Gasteiger partial charge >= 0.3 is 0 Å². The first-order chi connectivity index (χ1) is 9.70. The van der Waals surface area contributed by atoms with Gasteiger partial charge in [0.15, 0.2) is 0 Å². The standard InChI is InChI=1S/C18H32N2/c1-12-5-6-16-10-15(19)11-18(12)20(16)17-8-13-3-2-4-14(7-13)9-17/h12-18H,2-11,19H2,1H3/t12-,13-,14+,15-,16+,17+,18+/m1/s1. The van der Waals surface area contributed by atoms with E-state index in [1.807, 2.05) is 0 Å². The van der Waals surface area contributed by atoms with Crippen LogP contribution < -0.4 is 5.73 Å². The number of hydrogen-bond donors (Lipinski definition) is 1. The molecule has 0 spiro atoms. The van der Waals surface area contributed by atoms with Crippen LogP contribution in [0.4, 0.5) is 0 Å². The number of nitrogens with two attached hydrogens (primary N) is 1. The highest BCUT2D eigenvalue weighted by molar-refractivity contribution is 5.01. The minimum absolute atomic E-state index is 0.479. The highest BCUT2D eigenvalue weighted by atomic mass is 15.2. The van der Waals surface area contributed by atoms with Gasteiger partial charge in [0, 0.05) is 24.2 Å². The third kappa shape index (κ3) is 2.33. The largest absolute Gasteiger partial charge is 0.328 e. The van der Waals surface area contributed by atoms with Gasteiger partial charge in [0.05, 0.1) is 0 Å². The molecule has 2 nitrogen and oxygen atoms in total. The van der Waals surface area contributed by atoms with Gasteiger partial charge in [-0.1, -0.05) is 26.2 Å². The molecule has 0 amide bonds. The molecule has 20 heavy (non-hydrogen) atoms.